The van der Waals surface area contributed by atoms with Crippen LogP contribution in [-0.2, 0) is 4.79 Å². The van der Waals surface area contributed by atoms with Gasteiger partial charge in [-0.3, -0.25) is 9.69 Å². The number of hydrogen-bond donors (Lipinski definition) is 1. The van der Waals surface area contributed by atoms with E-state index in [0.717, 1.165) is 23.0 Å². The van der Waals surface area contributed by atoms with Crippen molar-refractivity contribution in [1.82, 2.24) is 14.8 Å². The van der Waals surface area contributed by atoms with Gasteiger partial charge < -0.3 is 14.8 Å². The van der Waals surface area contributed by atoms with Gasteiger partial charge in [-0.1, -0.05) is 31.7 Å². The van der Waals surface area contributed by atoms with E-state index >= 15 is 4.39 Å². The molecule has 10 nitrogen and oxygen atoms in total. The molecule has 0 aliphatic carbocycles. The van der Waals surface area contributed by atoms with Crippen molar-refractivity contribution in [2.24, 2.45) is 4.99 Å². The zero-order chi connectivity index (χ0) is 29.1. The molecule has 3 amide bonds. The summed E-state index contributed by atoms with van der Waals surface area (Å²) in [6.45, 7) is 4.02. The number of aliphatic imine (C=N–C) groups is 1. The molecule has 1 N–H and O–H groups in total. The van der Waals surface area contributed by atoms with Crippen LogP contribution in [0.15, 0.2) is 72.0 Å². The maximum atomic E-state index is 15.0. The molecule has 210 valence electrons. The molecule has 1 aliphatic heterocycles. The number of methoxy groups -OCH3 is 2. The van der Waals surface area contributed by atoms with Gasteiger partial charge in [0.15, 0.2) is 11.0 Å². The first kappa shape index (κ1) is 27.8. The highest BCUT2D eigenvalue weighted by Crippen LogP contribution is 2.36. The van der Waals surface area contributed by atoms with Crippen LogP contribution < -0.4 is 19.7 Å². The molecule has 1 aromatic heterocycles. The maximum Gasteiger partial charge on any atom is 0.347 e. The number of amidine groups is 1. The van der Waals surface area contributed by atoms with Gasteiger partial charge in [-0.05, 0) is 60.0 Å². The molecule has 0 spiro atoms. The van der Waals surface area contributed by atoms with Crippen LogP contribution in [-0.4, -0.2) is 51.8 Å². The van der Waals surface area contributed by atoms with E-state index in [1.165, 1.54) is 23.4 Å². The normalized spacial score (nSPS) is 14.1. The smallest absolute Gasteiger partial charge is 0.347 e. The summed E-state index contributed by atoms with van der Waals surface area (Å²) >= 11 is 1.14. The van der Waals surface area contributed by atoms with Crippen molar-refractivity contribution in [2.45, 2.75) is 19.8 Å². The molecule has 0 unspecified atom stereocenters. The highest BCUT2D eigenvalue weighted by atomic mass is 32.2. The van der Waals surface area contributed by atoms with Gasteiger partial charge in [0, 0.05) is 11.6 Å². The molecule has 12 heteroatoms. The second-order valence-corrected chi connectivity index (χ2v) is 10.3. The molecule has 1 fully saturated rings. The number of carbonyl (C=O) groups excluding carboxylic acids is 2. The van der Waals surface area contributed by atoms with Crippen LogP contribution in [0.1, 0.15) is 25.3 Å². The number of benzene rings is 3. The summed E-state index contributed by atoms with van der Waals surface area (Å²) in [4.78, 5) is 35.4. The minimum Gasteiger partial charge on any atom is -0.497 e. The van der Waals surface area contributed by atoms with Gasteiger partial charge in [-0.2, -0.15) is 4.99 Å². The number of ether oxygens (including phenoxy) is 2. The topological polar surface area (TPSA) is 111 Å². The SMILES string of the molecule is COc1ccc(-n2cnc(-c3ccc(NC(=O)/N=C4\SCC(=O)N4c4cc(OC)ccc4C(C)C)c(F)c3)n2)cc1. The Labute approximate surface area is 240 Å². The van der Waals surface area contributed by atoms with Gasteiger partial charge >= 0.3 is 6.03 Å². The van der Waals surface area contributed by atoms with Crippen molar-refractivity contribution >= 4 is 40.2 Å². The molecule has 0 bridgehead atoms. The van der Waals surface area contributed by atoms with Crippen molar-refractivity contribution < 1.29 is 23.5 Å². The third-order valence-electron chi connectivity index (χ3n) is 6.36. The largest absolute Gasteiger partial charge is 0.497 e. The molecular weight excluding hydrogens is 547 g/mol. The van der Waals surface area contributed by atoms with E-state index in [9.17, 15) is 9.59 Å². The van der Waals surface area contributed by atoms with E-state index in [4.69, 9.17) is 9.47 Å². The minimum atomic E-state index is -0.810. The summed E-state index contributed by atoms with van der Waals surface area (Å²) in [6.07, 6.45) is 1.53. The number of nitrogens with zero attached hydrogens (tertiary/aromatic N) is 5. The van der Waals surface area contributed by atoms with Crippen LogP contribution in [0.3, 0.4) is 0 Å². The molecule has 1 aliphatic rings. The van der Waals surface area contributed by atoms with Gasteiger partial charge in [-0.15, -0.1) is 5.10 Å². The van der Waals surface area contributed by atoms with E-state index in [0.29, 0.717) is 28.6 Å². The number of hydrogen-bond acceptors (Lipinski definition) is 7. The average Bonchev–Trinajstić information content (AvgIpc) is 3.61. The molecule has 4 aromatic rings. The third-order valence-corrected chi connectivity index (χ3v) is 7.28. The number of urea groups is 1. The van der Waals surface area contributed by atoms with E-state index in [1.807, 2.05) is 38.1 Å². The second-order valence-electron chi connectivity index (χ2n) is 9.33. The van der Waals surface area contributed by atoms with Crippen molar-refractivity contribution in [1.29, 1.82) is 0 Å². The highest BCUT2D eigenvalue weighted by molar-refractivity contribution is 8.15. The quantitative estimate of drug-likeness (QED) is 0.293. The predicted octanol–water partition coefficient (Wildman–Crippen LogP) is 5.88. The second kappa shape index (κ2) is 11.8. The zero-order valence-electron chi connectivity index (χ0n) is 22.8. The number of amides is 3. The summed E-state index contributed by atoms with van der Waals surface area (Å²) in [7, 11) is 3.13. The number of halogens is 1. The number of anilines is 2. The summed E-state index contributed by atoms with van der Waals surface area (Å²) in [5.41, 5.74) is 2.63. The molecule has 2 heterocycles. The van der Waals surface area contributed by atoms with E-state index in [2.05, 4.69) is 20.4 Å². The van der Waals surface area contributed by atoms with Crippen molar-refractivity contribution in [3.8, 4) is 28.6 Å². The lowest BCUT2D eigenvalue weighted by molar-refractivity contribution is -0.115. The number of aromatic nitrogens is 3. The first-order valence-corrected chi connectivity index (χ1v) is 13.6. The minimum absolute atomic E-state index is 0.0668. The fraction of sp³-hybridized carbons (Fsp3) is 0.207. The summed E-state index contributed by atoms with van der Waals surface area (Å²) in [5.74, 6) is 0.934. The summed E-state index contributed by atoms with van der Waals surface area (Å²) < 4.78 is 27.1. The van der Waals surface area contributed by atoms with Gasteiger partial charge in [0.25, 0.3) is 0 Å². The van der Waals surface area contributed by atoms with Crippen LogP contribution in [0.5, 0.6) is 11.5 Å². The van der Waals surface area contributed by atoms with Crippen molar-refractivity contribution in [2.75, 3.05) is 30.2 Å². The Hall–Kier alpha value is -4.71. The van der Waals surface area contributed by atoms with Crippen molar-refractivity contribution in [3.63, 3.8) is 0 Å². The predicted molar refractivity (Wildman–Crippen MR) is 157 cm³/mol. The Morgan fingerprint density at radius 3 is 2.46 bits per heavy atom. The Bertz CT molecular complexity index is 1640. The molecular formula is C29H27FN6O4S. The summed E-state index contributed by atoms with van der Waals surface area (Å²) in [5, 5.41) is 7.09. The number of rotatable bonds is 7. The van der Waals surface area contributed by atoms with Gasteiger partial charge in [-0.25, -0.2) is 18.9 Å². The fourth-order valence-corrected chi connectivity index (χ4v) is 5.11. The Morgan fingerprint density at radius 1 is 1.05 bits per heavy atom. The Kier molecular flexibility index (Phi) is 8.02. The third kappa shape index (κ3) is 5.92. The summed E-state index contributed by atoms with van der Waals surface area (Å²) in [6, 6.07) is 16.2. The number of nitrogens with one attached hydrogen (secondary N) is 1. The first-order chi connectivity index (χ1) is 19.8. The molecule has 1 saturated heterocycles. The molecule has 5 rings (SSSR count). The highest BCUT2D eigenvalue weighted by Gasteiger charge is 2.33. The van der Waals surface area contributed by atoms with Gasteiger partial charge in [0.05, 0.1) is 37.0 Å². The zero-order valence-corrected chi connectivity index (χ0v) is 23.6. The van der Waals surface area contributed by atoms with Gasteiger partial charge in [0.1, 0.15) is 23.6 Å². The molecule has 41 heavy (non-hydrogen) atoms. The Morgan fingerprint density at radius 2 is 1.78 bits per heavy atom. The maximum absolute atomic E-state index is 15.0. The number of carbonyl (C=O) groups is 2. The van der Waals surface area contributed by atoms with Gasteiger partial charge in [0.2, 0.25) is 5.91 Å². The first-order valence-electron chi connectivity index (χ1n) is 12.7. The lowest BCUT2D eigenvalue weighted by Crippen LogP contribution is -2.31. The van der Waals surface area contributed by atoms with Crippen LogP contribution in [0, 0.1) is 5.82 Å². The van der Waals surface area contributed by atoms with Crippen LogP contribution in [0.2, 0.25) is 0 Å². The van der Waals surface area contributed by atoms with Crippen LogP contribution in [0.25, 0.3) is 17.1 Å². The molecule has 0 saturated carbocycles. The van der Waals surface area contributed by atoms with E-state index in [-0.39, 0.29) is 28.4 Å². The van der Waals surface area contributed by atoms with E-state index in [1.54, 1.807) is 43.2 Å². The lowest BCUT2D eigenvalue weighted by Gasteiger charge is -2.22. The fourth-order valence-electron chi connectivity index (χ4n) is 4.25. The molecule has 0 radical (unpaired) electrons. The van der Waals surface area contributed by atoms with E-state index < -0.39 is 11.8 Å². The Balaban J connectivity index is 1.34. The number of thioether (sulfide) groups is 1. The molecule has 3 aromatic carbocycles. The lowest BCUT2D eigenvalue weighted by atomic mass is 10.00. The standard InChI is InChI=1S/C29H27FN6O4S/c1-17(2)22-11-10-21(40-4)14-25(22)36-26(37)15-41-29(36)33-28(38)32-24-12-5-18(13-23(24)30)27-31-16-35(34-27)19-6-8-20(39-3)9-7-19/h5-14,16-17H,15H2,1-4H3,(H,32,38)/b33-29-. The average molecular weight is 575 g/mol. The van der Waals surface area contributed by atoms with Crippen LogP contribution >= 0.6 is 11.8 Å². The van der Waals surface area contributed by atoms with Crippen LogP contribution in [0.4, 0.5) is 20.6 Å². The monoisotopic (exact) mass is 574 g/mol. The van der Waals surface area contributed by atoms with Crippen molar-refractivity contribution in [3.05, 3.63) is 78.4 Å². The molecule has 0 atom stereocenters.